The standard InChI is InChI=1S/C24H28N8O/c1-3-23(33)31-10-8-29(9-11-31)21-4-6-30(7-5-21)22-12-18(20-15-26-28(2)16-20)17-32-24(22)19(13-25)14-27-32/h3,12,14-17,21H,1,4-11H2,2H3. The number of nitrogens with zero attached hydrogens (tertiary/aromatic N) is 8. The smallest absolute Gasteiger partial charge is 0.246 e. The second-order valence-corrected chi connectivity index (χ2v) is 8.76. The molecule has 0 atom stereocenters. The molecular formula is C24H28N8O. The lowest BCUT2D eigenvalue weighted by Crippen LogP contribution is -2.54. The third-order valence-electron chi connectivity index (χ3n) is 6.87. The molecule has 2 aliphatic heterocycles. The zero-order valence-electron chi connectivity index (χ0n) is 18.9. The van der Waals surface area contributed by atoms with Crippen molar-refractivity contribution < 1.29 is 4.79 Å². The monoisotopic (exact) mass is 444 g/mol. The van der Waals surface area contributed by atoms with Crippen LogP contribution in [0.25, 0.3) is 16.6 Å². The molecule has 170 valence electrons. The van der Waals surface area contributed by atoms with Crippen molar-refractivity contribution in [2.75, 3.05) is 44.2 Å². The molecule has 0 aliphatic carbocycles. The predicted octanol–water partition coefficient (Wildman–Crippen LogP) is 1.91. The molecular weight excluding hydrogens is 416 g/mol. The van der Waals surface area contributed by atoms with Crippen molar-refractivity contribution in [3.63, 3.8) is 0 Å². The second-order valence-electron chi connectivity index (χ2n) is 8.76. The van der Waals surface area contributed by atoms with Gasteiger partial charge in [-0.2, -0.15) is 15.5 Å². The quantitative estimate of drug-likeness (QED) is 0.572. The van der Waals surface area contributed by atoms with Crippen LogP contribution < -0.4 is 4.90 Å². The molecule has 9 nitrogen and oxygen atoms in total. The van der Waals surface area contributed by atoms with E-state index in [1.54, 1.807) is 10.9 Å². The summed E-state index contributed by atoms with van der Waals surface area (Å²) in [5, 5.41) is 18.4. The van der Waals surface area contributed by atoms with Crippen molar-refractivity contribution in [2.45, 2.75) is 18.9 Å². The highest BCUT2D eigenvalue weighted by Gasteiger charge is 2.29. The number of rotatable bonds is 4. The van der Waals surface area contributed by atoms with Gasteiger partial charge in [0.2, 0.25) is 5.91 Å². The van der Waals surface area contributed by atoms with Crippen molar-refractivity contribution in [3.05, 3.63) is 49.1 Å². The Balaban J connectivity index is 1.35. The molecule has 9 heteroatoms. The summed E-state index contributed by atoms with van der Waals surface area (Å²) in [7, 11) is 1.91. The highest BCUT2D eigenvalue weighted by atomic mass is 16.2. The van der Waals surface area contributed by atoms with Gasteiger partial charge in [-0.25, -0.2) is 4.52 Å². The number of carbonyl (C=O) groups excluding carboxylic acids is 1. The molecule has 0 bridgehead atoms. The second kappa shape index (κ2) is 8.71. The third-order valence-corrected chi connectivity index (χ3v) is 6.87. The van der Waals surface area contributed by atoms with E-state index >= 15 is 0 Å². The maximum atomic E-state index is 11.9. The molecule has 0 radical (unpaired) electrons. The van der Waals surface area contributed by atoms with Crippen molar-refractivity contribution in [2.24, 2.45) is 7.05 Å². The van der Waals surface area contributed by atoms with Crippen LogP contribution in [0, 0.1) is 11.3 Å². The summed E-state index contributed by atoms with van der Waals surface area (Å²) in [5.74, 6) is 0.0242. The Labute approximate surface area is 193 Å². The van der Waals surface area contributed by atoms with Gasteiger partial charge in [0.1, 0.15) is 11.6 Å². The number of carbonyl (C=O) groups is 1. The summed E-state index contributed by atoms with van der Waals surface area (Å²) in [6.45, 7) is 8.77. The first kappa shape index (κ1) is 21.2. The van der Waals surface area contributed by atoms with E-state index in [4.69, 9.17) is 0 Å². The van der Waals surface area contributed by atoms with Gasteiger partial charge in [0.25, 0.3) is 0 Å². The molecule has 0 spiro atoms. The average Bonchev–Trinajstić information content (AvgIpc) is 3.49. The largest absolute Gasteiger partial charge is 0.370 e. The first-order valence-corrected chi connectivity index (χ1v) is 11.4. The lowest BCUT2D eigenvalue weighted by molar-refractivity contribution is -0.128. The summed E-state index contributed by atoms with van der Waals surface area (Å²) in [6, 6.07) is 4.97. The lowest BCUT2D eigenvalue weighted by atomic mass is 10.0. The number of aryl methyl sites for hydroxylation is 1. The van der Waals surface area contributed by atoms with E-state index in [1.165, 1.54) is 6.08 Å². The molecule has 5 rings (SSSR count). The van der Waals surface area contributed by atoms with E-state index in [9.17, 15) is 10.1 Å². The van der Waals surface area contributed by atoms with Crippen LogP contribution in [-0.2, 0) is 11.8 Å². The van der Waals surface area contributed by atoms with Gasteiger partial charge in [-0.05, 0) is 25.0 Å². The highest BCUT2D eigenvalue weighted by molar-refractivity contribution is 5.87. The molecule has 1 amide bonds. The Kier molecular flexibility index (Phi) is 5.60. The first-order chi connectivity index (χ1) is 16.1. The molecule has 2 fully saturated rings. The highest BCUT2D eigenvalue weighted by Crippen LogP contribution is 2.33. The number of hydrogen-bond donors (Lipinski definition) is 0. The van der Waals surface area contributed by atoms with Crippen LogP contribution in [0.15, 0.2) is 43.5 Å². The zero-order valence-corrected chi connectivity index (χ0v) is 18.9. The molecule has 2 saturated heterocycles. The fraction of sp³-hybridized carbons (Fsp3) is 0.417. The van der Waals surface area contributed by atoms with Gasteiger partial charge in [0.05, 0.1) is 23.6 Å². The minimum Gasteiger partial charge on any atom is -0.370 e. The Morgan fingerprint density at radius 1 is 1.09 bits per heavy atom. The molecule has 3 aromatic heterocycles. The summed E-state index contributed by atoms with van der Waals surface area (Å²) in [5.41, 5.74) is 4.55. The molecule has 0 N–H and O–H groups in total. The number of anilines is 1. The Morgan fingerprint density at radius 3 is 2.48 bits per heavy atom. The maximum Gasteiger partial charge on any atom is 0.246 e. The van der Waals surface area contributed by atoms with E-state index in [0.29, 0.717) is 11.6 Å². The third kappa shape index (κ3) is 3.98. The number of amides is 1. The Morgan fingerprint density at radius 2 is 1.85 bits per heavy atom. The van der Waals surface area contributed by atoms with E-state index < -0.39 is 0 Å². The Hall–Kier alpha value is -3.64. The fourth-order valence-corrected chi connectivity index (χ4v) is 5.06. The molecule has 0 unspecified atom stereocenters. The van der Waals surface area contributed by atoms with Crippen LogP contribution in [0.5, 0.6) is 0 Å². The summed E-state index contributed by atoms with van der Waals surface area (Å²) >= 11 is 0. The van der Waals surface area contributed by atoms with Crippen molar-refractivity contribution in [3.8, 4) is 17.2 Å². The van der Waals surface area contributed by atoms with Gasteiger partial charge in [-0.15, -0.1) is 0 Å². The van der Waals surface area contributed by atoms with Crippen LogP contribution in [0.3, 0.4) is 0 Å². The SMILES string of the molecule is C=CC(=O)N1CCN(C2CCN(c3cc(-c4cnn(C)c4)cn4ncc(C#N)c34)CC2)CC1. The number of aromatic nitrogens is 4. The van der Waals surface area contributed by atoms with Crippen LogP contribution in [-0.4, -0.2) is 80.4 Å². The summed E-state index contributed by atoms with van der Waals surface area (Å²) in [4.78, 5) is 18.6. The van der Waals surface area contributed by atoms with Gasteiger partial charge >= 0.3 is 0 Å². The van der Waals surface area contributed by atoms with E-state index in [1.807, 2.05) is 35.1 Å². The summed E-state index contributed by atoms with van der Waals surface area (Å²) < 4.78 is 3.61. The van der Waals surface area contributed by atoms with E-state index in [0.717, 1.165) is 74.4 Å². The van der Waals surface area contributed by atoms with Crippen LogP contribution in [0.4, 0.5) is 5.69 Å². The fourth-order valence-electron chi connectivity index (χ4n) is 5.06. The molecule has 3 aromatic rings. The van der Waals surface area contributed by atoms with Gasteiger partial charge < -0.3 is 9.80 Å². The zero-order chi connectivity index (χ0) is 22.9. The van der Waals surface area contributed by atoms with Gasteiger partial charge in [-0.1, -0.05) is 6.58 Å². The van der Waals surface area contributed by atoms with Gasteiger partial charge in [0.15, 0.2) is 0 Å². The lowest BCUT2D eigenvalue weighted by Gasteiger charge is -2.43. The molecule has 0 aromatic carbocycles. The van der Waals surface area contributed by atoms with Crippen molar-refractivity contribution >= 4 is 17.1 Å². The van der Waals surface area contributed by atoms with E-state index in [2.05, 4.69) is 38.7 Å². The number of hydrogen-bond acceptors (Lipinski definition) is 6. The van der Waals surface area contributed by atoms with Crippen molar-refractivity contribution in [1.29, 1.82) is 5.26 Å². The normalized spacial score (nSPS) is 17.9. The Bertz CT molecular complexity index is 1220. The predicted molar refractivity (Wildman–Crippen MR) is 126 cm³/mol. The number of piperazine rings is 1. The van der Waals surface area contributed by atoms with E-state index in [-0.39, 0.29) is 5.91 Å². The van der Waals surface area contributed by atoms with Crippen LogP contribution in [0.2, 0.25) is 0 Å². The number of nitriles is 1. The maximum absolute atomic E-state index is 11.9. The van der Waals surface area contributed by atoms with Gasteiger partial charge in [-0.3, -0.25) is 14.4 Å². The molecule has 0 saturated carbocycles. The van der Waals surface area contributed by atoms with Crippen LogP contribution >= 0.6 is 0 Å². The summed E-state index contributed by atoms with van der Waals surface area (Å²) in [6.07, 6.45) is 10.9. The topological polar surface area (TPSA) is 85.7 Å². The molecule has 5 heterocycles. The minimum absolute atomic E-state index is 0.0242. The van der Waals surface area contributed by atoms with Crippen molar-refractivity contribution in [1.82, 2.24) is 29.2 Å². The molecule has 33 heavy (non-hydrogen) atoms. The number of pyridine rings is 1. The molecule has 2 aliphatic rings. The number of fused-ring (bicyclic) bond motifs is 1. The average molecular weight is 445 g/mol. The number of piperidine rings is 1. The van der Waals surface area contributed by atoms with Crippen LogP contribution in [0.1, 0.15) is 18.4 Å². The van der Waals surface area contributed by atoms with Gasteiger partial charge in [0, 0.05) is 75.9 Å². The minimum atomic E-state index is 0.0242. The first-order valence-electron chi connectivity index (χ1n) is 11.4.